The summed E-state index contributed by atoms with van der Waals surface area (Å²) in [5, 5.41) is 11.7. The minimum Gasteiger partial charge on any atom is -0.506 e. The van der Waals surface area contributed by atoms with Crippen LogP contribution in [0.15, 0.2) is 48.7 Å². The molecular weight excluding hydrogens is 292 g/mol. The molecule has 1 fully saturated rings. The molecule has 23 heavy (non-hydrogen) atoms. The quantitative estimate of drug-likeness (QED) is 0.896. The third kappa shape index (κ3) is 4.22. The standard InChI is InChI=1S/C18H20N2O3/c21-15-8-11-17(19-12-15)20-18(22)23-16-9-6-14(7-10-16)13-4-2-1-3-5-13/h1-5,8,11-12,14,16,21H,6-7,9-10H2,(H,19,20,22)/t14-,16-. The molecule has 1 aromatic heterocycles. The van der Waals surface area contributed by atoms with E-state index in [1.54, 1.807) is 0 Å². The molecule has 0 spiro atoms. The normalized spacial score (nSPS) is 20.7. The van der Waals surface area contributed by atoms with E-state index in [1.807, 2.05) is 6.07 Å². The Morgan fingerprint density at radius 2 is 1.83 bits per heavy atom. The van der Waals surface area contributed by atoms with Crippen LogP contribution in [0.25, 0.3) is 0 Å². The first-order chi connectivity index (χ1) is 11.2. The number of benzene rings is 1. The van der Waals surface area contributed by atoms with E-state index in [4.69, 9.17) is 9.84 Å². The Kier molecular flexibility index (Phi) is 4.76. The highest BCUT2D eigenvalue weighted by molar-refractivity contribution is 5.83. The lowest BCUT2D eigenvalue weighted by molar-refractivity contribution is 0.0821. The highest BCUT2D eigenvalue weighted by atomic mass is 16.6. The van der Waals surface area contributed by atoms with Crippen molar-refractivity contribution >= 4 is 11.9 Å². The number of hydrogen-bond donors (Lipinski definition) is 2. The van der Waals surface area contributed by atoms with Gasteiger partial charge in [-0.05, 0) is 49.3 Å². The lowest BCUT2D eigenvalue weighted by Crippen LogP contribution is -2.26. The van der Waals surface area contributed by atoms with Crippen LogP contribution in [0, 0.1) is 0 Å². The maximum absolute atomic E-state index is 11.9. The maximum atomic E-state index is 11.9. The highest BCUT2D eigenvalue weighted by Gasteiger charge is 2.24. The Morgan fingerprint density at radius 3 is 2.48 bits per heavy atom. The number of nitrogens with one attached hydrogen (secondary N) is 1. The molecule has 1 saturated carbocycles. The van der Waals surface area contributed by atoms with Gasteiger partial charge in [-0.1, -0.05) is 30.3 Å². The second kappa shape index (κ2) is 7.13. The minimum atomic E-state index is -0.494. The largest absolute Gasteiger partial charge is 0.506 e. The average Bonchev–Trinajstić information content (AvgIpc) is 2.58. The molecule has 0 unspecified atom stereocenters. The number of carbonyl (C=O) groups excluding carboxylic acids is 1. The molecule has 0 aliphatic heterocycles. The number of amides is 1. The van der Waals surface area contributed by atoms with Crippen LogP contribution in [-0.2, 0) is 4.74 Å². The first-order valence-electron chi connectivity index (χ1n) is 7.88. The van der Waals surface area contributed by atoms with Crippen LogP contribution >= 0.6 is 0 Å². The summed E-state index contributed by atoms with van der Waals surface area (Å²) < 4.78 is 5.46. The highest BCUT2D eigenvalue weighted by Crippen LogP contribution is 2.33. The number of aromatic nitrogens is 1. The number of carbonyl (C=O) groups is 1. The summed E-state index contributed by atoms with van der Waals surface area (Å²) in [6.45, 7) is 0. The molecule has 1 aliphatic rings. The lowest BCUT2D eigenvalue weighted by Gasteiger charge is -2.28. The molecule has 0 bridgehead atoms. The van der Waals surface area contributed by atoms with Gasteiger partial charge in [0, 0.05) is 0 Å². The summed E-state index contributed by atoms with van der Waals surface area (Å²) in [7, 11) is 0. The number of anilines is 1. The van der Waals surface area contributed by atoms with Gasteiger partial charge in [0.05, 0.1) is 6.20 Å². The molecule has 1 aliphatic carbocycles. The summed E-state index contributed by atoms with van der Waals surface area (Å²) in [5.41, 5.74) is 1.36. The summed E-state index contributed by atoms with van der Waals surface area (Å²) in [4.78, 5) is 15.8. The molecule has 2 aromatic rings. The fourth-order valence-electron chi connectivity index (χ4n) is 2.98. The monoisotopic (exact) mass is 312 g/mol. The summed E-state index contributed by atoms with van der Waals surface area (Å²) in [6.07, 6.45) is 4.53. The van der Waals surface area contributed by atoms with Crippen molar-refractivity contribution in [3.63, 3.8) is 0 Å². The molecule has 1 heterocycles. The van der Waals surface area contributed by atoms with E-state index >= 15 is 0 Å². The zero-order chi connectivity index (χ0) is 16.1. The first kappa shape index (κ1) is 15.3. The van der Waals surface area contributed by atoms with Crippen molar-refractivity contribution in [2.75, 3.05) is 5.32 Å². The van der Waals surface area contributed by atoms with Crippen LogP contribution < -0.4 is 5.32 Å². The number of nitrogens with zero attached hydrogens (tertiary/aromatic N) is 1. The van der Waals surface area contributed by atoms with Gasteiger partial charge in [0.1, 0.15) is 17.7 Å². The molecule has 5 nitrogen and oxygen atoms in total. The van der Waals surface area contributed by atoms with Crippen molar-refractivity contribution in [2.45, 2.75) is 37.7 Å². The van der Waals surface area contributed by atoms with Gasteiger partial charge in [-0.25, -0.2) is 9.78 Å². The molecule has 120 valence electrons. The fraction of sp³-hybridized carbons (Fsp3) is 0.333. The van der Waals surface area contributed by atoms with Crippen LogP contribution in [0.2, 0.25) is 0 Å². The van der Waals surface area contributed by atoms with E-state index in [0.717, 1.165) is 25.7 Å². The zero-order valence-corrected chi connectivity index (χ0v) is 12.8. The number of hydrogen-bond acceptors (Lipinski definition) is 4. The summed E-state index contributed by atoms with van der Waals surface area (Å²) in [5.74, 6) is 0.979. The molecule has 2 N–H and O–H groups in total. The van der Waals surface area contributed by atoms with Crippen LogP contribution in [0.4, 0.5) is 10.6 Å². The van der Waals surface area contributed by atoms with Gasteiger partial charge in [-0.15, -0.1) is 0 Å². The molecule has 0 radical (unpaired) electrons. The smallest absolute Gasteiger partial charge is 0.413 e. The first-order valence-corrected chi connectivity index (χ1v) is 7.88. The molecule has 5 heteroatoms. The van der Waals surface area contributed by atoms with Gasteiger partial charge in [-0.2, -0.15) is 0 Å². The minimum absolute atomic E-state index is 0.0490. The molecule has 0 atom stereocenters. The van der Waals surface area contributed by atoms with Gasteiger partial charge in [0.15, 0.2) is 0 Å². The van der Waals surface area contributed by atoms with Crippen molar-refractivity contribution in [3.05, 3.63) is 54.2 Å². The number of pyridine rings is 1. The Bertz CT molecular complexity index is 635. The van der Waals surface area contributed by atoms with Gasteiger partial charge in [0.25, 0.3) is 0 Å². The van der Waals surface area contributed by atoms with Crippen molar-refractivity contribution in [2.24, 2.45) is 0 Å². The third-order valence-corrected chi connectivity index (χ3v) is 4.20. The van der Waals surface area contributed by atoms with E-state index in [2.05, 4.69) is 34.6 Å². The lowest BCUT2D eigenvalue weighted by atomic mass is 9.83. The van der Waals surface area contributed by atoms with Gasteiger partial charge in [-0.3, -0.25) is 5.32 Å². The Labute approximate surface area is 135 Å². The van der Waals surface area contributed by atoms with E-state index in [1.165, 1.54) is 23.9 Å². The van der Waals surface area contributed by atoms with E-state index in [9.17, 15) is 4.79 Å². The number of aromatic hydroxyl groups is 1. The van der Waals surface area contributed by atoms with Crippen molar-refractivity contribution < 1.29 is 14.6 Å². The topological polar surface area (TPSA) is 71.5 Å². The second-order valence-electron chi connectivity index (χ2n) is 5.82. The van der Waals surface area contributed by atoms with E-state index in [-0.39, 0.29) is 11.9 Å². The average molecular weight is 312 g/mol. The summed E-state index contributed by atoms with van der Waals surface area (Å²) in [6, 6.07) is 13.5. The molecular formula is C18H20N2O3. The molecule has 1 amide bonds. The Morgan fingerprint density at radius 1 is 1.09 bits per heavy atom. The van der Waals surface area contributed by atoms with Crippen molar-refractivity contribution in [1.82, 2.24) is 4.98 Å². The second-order valence-corrected chi connectivity index (χ2v) is 5.82. The van der Waals surface area contributed by atoms with Gasteiger partial charge < -0.3 is 9.84 Å². The van der Waals surface area contributed by atoms with Crippen molar-refractivity contribution in [3.8, 4) is 5.75 Å². The Balaban J connectivity index is 1.47. The van der Waals surface area contributed by atoms with Crippen LogP contribution in [0.5, 0.6) is 5.75 Å². The maximum Gasteiger partial charge on any atom is 0.413 e. The van der Waals surface area contributed by atoms with Crippen molar-refractivity contribution in [1.29, 1.82) is 0 Å². The van der Waals surface area contributed by atoms with Gasteiger partial charge >= 0.3 is 6.09 Å². The summed E-state index contributed by atoms with van der Waals surface area (Å²) >= 11 is 0. The predicted molar refractivity (Wildman–Crippen MR) is 87.4 cm³/mol. The SMILES string of the molecule is O=C(Nc1ccc(O)cn1)O[C@H]1CC[C@H](c2ccccc2)CC1. The van der Waals surface area contributed by atoms with Crippen LogP contribution in [-0.4, -0.2) is 22.3 Å². The molecule has 1 aromatic carbocycles. The third-order valence-electron chi connectivity index (χ3n) is 4.20. The molecule has 0 saturated heterocycles. The number of rotatable bonds is 3. The Hall–Kier alpha value is -2.56. The van der Waals surface area contributed by atoms with Crippen LogP contribution in [0.3, 0.4) is 0 Å². The predicted octanol–water partition coefficient (Wildman–Crippen LogP) is 4.06. The number of ether oxygens (including phenoxy) is 1. The van der Waals surface area contributed by atoms with E-state index < -0.39 is 6.09 Å². The van der Waals surface area contributed by atoms with Crippen LogP contribution in [0.1, 0.15) is 37.2 Å². The van der Waals surface area contributed by atoms with Gasteiger partial charge in [0.2, 0.25) is 0 Å². The van der Waals surface area contributed by atoms with E-state index in [0.29, 0.717) is 11.7 Å². The molecule has 3 rings (SSSR count). The fourth-order valence-corrected chi connectivity index (χ4v) is 2.98. The zero-order valence-electron chi connectivity index (χ0n) is 12.8.